The predicted octanol–water partition coefficient (Wildman–Crippen LogP) is 0.382. The van der Waals surface area contributed by atoms with E-state index in [2.05, 4.69) is 11.9 Å². The second-order valence-electron chi connectivity index (χ2n) is 6.63. The third kappa shape index (κ3) is 7.43. The lowest BCUT2D eigenvalue weighted by atomic mass is 9.98. The number of alkyl halides is 1. The van der Waals surface area contributed by atoms with Crippen LogP contribution in [0.25, 0.3) is 0 Å². The second-order valence-corrected chi connectivity index (χ2v) is 8.42. The third-order valence-corrected chi connectivity index (χ3v) is 4.47. The fraction of sp³-hybridized carbons (Fsp3) is 0.800. The van der Waals surface area contributed by atoms with Gasteiger partial charge in [0.15, 0.2) is 10.4 Å². The summed E-state index contributed by atoms with van der Waals surface area (Å²) in [5.41, 5.74) is -0.639. The van der Waals surface area contributed by atoms with E-state index in [1.165, 1.54) is 0 Å². The lowest BCUT2D eigenvalue weighted by Crippen LogP contribution is -2.63. The maximum atomic E-state index is 11.5. The molecule has 1 aliphatic heterocycles. The van der Waals surface area contributed by atoms with Crippen LogP contribution in [0.15, 0.2) is 12.7 Å². The molecule has 1 saturated heterocycles. The zero-order valence-corrected chi connectivity index (χ0v) is 19.0. The molecule has 0 saturated carbocycles. The van der Waals surface area contributed by atoms with E-state index < -0.39 is 52.6 Å². The van der Waals surface area contributed by atoms with Gasteiger partial charge in [-0.2, -0.15) is 0 Å². The average Bonchev–Trinajstić information content (AvgIpc) is 2.54. The molecule has 0 aliphatic carbocycles. The smallest absolute Gasteiger partial charge is 0.243 e. The molecule has 1 fully saturated rings. The van der Waals surface area contributed by atoms with Gasteiger partial charge in [-0.1, -0.05) is 6.58 Å². The minimum atomic E-state index is -1.40. The SMILES string of the molecule is C=CC(=O)NCC1OC(OC(C)(C)C)C(O)C(O)C1OC(OI)C(O)I. The summed E-state index contributed by atoms with van der Waals surface area (Å²) >= 11 is 3.25. The lowest BCUT2D eigenvalue weighted by molar-refractivity contribution is -0.332. The van der Waals surface area contributed by atoms with Crippen LogP contribution in [0.2, 0.25) is 0 Å². The Kier molecular flexibility index (Phi) is 10.2. The Morgan fingerprint density at radius 1 is 1.38 bits per heavy atom. The first-order valence-electron chi connectivity index (χ1n) is 7.84. The van der Waals surface area contributed by atoms with E-state index in [-0.39, 0.29) is 6.54 Å². The fourth-order valence-corrected chi connectivity index (χ4v) is 3.52. The normalized spacial score (nSPS) is 31.9. The largest absolute Gasteiger partial charge is 0.387 e. The number of nitrogens with one attached hydrogen (secondary N) is 1. The summed E-state index contributed by atoms with van der Waals surface area (Å²) in [5, 5.41) is 33.1. The first-order valence-corrected chi connectivity index (χ1v) is 9.97. The Bertz CT molecular complexity index is 473. The highest BCUT2D eigenvalue weighted by molar-refractivity contribution is 14.1. The summed E-state index contributed by atoms with van der Waals surface area (Å²) in [6.45, 7) is 8.66. The van der Waals surface area contributed by atoms with E-state index >= 15 is 0 Å². The molecule has 26 heavy (non-hydrogen) atoms. The van der Waals surface area contributed by atoms with Gasteiger partial charge in [-0.25, -0.2) is 0 Å². The lowest BCUT2D eigenvalue weighted by Gasteiger charge is -2.44. The summed E-state index contributed by atoms with van der Waals surface area (Å²) in [7, 11) is 0. The van der Waals surface area contributed by atoms with E-state index in [0.717, 1.165) is 6.08 Å². The van der Waals surface area contributed by atoms with Crippen LogP contribution in [0, 0.1) is 0 Å². The van der Waals surface area contributed by atoms with Crippen LogP contribution in [-0.2, 0) is 22.1 Å². The number of hydrogen-bond donors (Lipinski definition) is 4. The molecule has 152 valence electrons. The Balaban J connectivity index is 2.98. The average molecular weight is 601 g/mol. The first kappa shape index (κ1) is 24.4. The van der Waals surface area contributed by atoms with Gasteiger partial charge in [-0.15, -0.1) is 0 Å². The topological polar surface area (TPSA) is 127 Å². The van der Waals surface area contributed by atoms with Gasteiger partial charge in [0.05, 0.1) is 5.60 Å². The van der Waals surface area contributed by atoms with Gasteiger partial charge in [0.25, 0.3) is 0 Å². The summed E-state index contributed by atoms with van der Waals surface area (Å²) in [4.78, 5) is 11.5. The Hall–Kier alpha value is 0.390. The number of halogens is 2. The van der Waals surface area contributed by atoms with Crippen LogP contribution in [0.3, 0.4) is 0 Å². The molecular weight excluding hydrogens is 576 g/mol. The molecular formula is C15H25I2NO8. The Labute approximate surface area is 180 Å². The number of carbonyl (C=O) groups is 1. The maximum Gasteiger partial charge on any atom is 0.243 e. The second kappa shape index (κ2) is 10.8. The molecule has 4 N–H and O–H groups in total. The van der Waals surface area contributed by atoms with Crippen molar-refractivity contribution in [3.8, 4) is 0 Å². The van der Waals surface area contributed by atoms with Crippen molar-refractivity contribution in [2.24, 2.45) is 0 Å². The molecule has 9 nitrogen and oxygen atoms in total. The molecule has 0 radical (unpaired) electrons. The summed E-state index contributed by atoms with van der Waals surface area (Å²) in [6.07, 6.45) is -5.85. The molecule has 7 unspecified atom stereocenters. The van der Waals surface area contributed by atoms with Gasteiger partial charge in [0, 0.05) is 6.54 Å². The number of rotatable bonds is 8. The van der Waals surface area contributed by atoms with Gasteiger partial charge in [-0.3, -0.25) is 7.86 Å². The zero-order chi connectivity index (χ0) is 20.1. The third-order valence-electron chi connectivity index (χ3n) is 3.38. The quantitative estimate of drug-likeness (QED) is 0.136. The fourth-order valence-electron chi connectivity index (χ4n) is 2.24. The number of aliphatic hydroxyl groups excluding tert-OH is 3. The monoisotopic (exact) mass is 601 g/mol. The van der Waals surface area contributed by atoms with Crippen molar-refractivity contribution in [3.05, 3.63) is 12.7 Å². The molecule has 1 rings (SSSR count). The van der Waals surface area contributed by atoms with Crippen LogP contribution in [-0.4, -0.2) is 74.5 Å². The molecule has 0 aromatic heterocycles. The van der Waals surface area contributed by atoms with Gasteiger partial charge in [-0.05, 0) is 49.4 Å². The minimum absolute atomic E-state index is 0.0331. The molecule has 0 bridgehead atoms. The first-order chi connectivity index (χ1) is 12.0. The molecule has 1 aliphatic rings. The van der Waals surface area contributed by atoms with Crippen molar-refractivity contribution >= 4 is 51.5 Å². The van der Waals surface area contributed by atoms with Gasteiger partial charge < -0.3 is 34.8 Å². The van der Waals surface area contributed by atoms with E-state index in [4.69, 9.17) is 17.3 Å². The van der Waals surface area contributed by atoms with Crippen LogP contribution >= 0.6 is 45.6 Å². The summed E-state index contributed by atoms with van der Waals surface area (Å²) in [6, 6.07) is 0. The Morgan fingerprint density at radius 3 is 2.46 bits per heavy atom. The van der Waals surface area contributed by atoms with Gasteiger partial charge >= 0.3 is 0 Å². The van der Waals surface area contributed by atoms with Gasteiger partial charge in [0.1, 0.15) is 47.4 Å². The molecule has 0 aromatic carbocycles. The minimum Gasteiger partial charge on any atom is -0.387 e. The number of ether oxygens (including phenoxy) is 3. The number of hydrogen-bond acceptors (Lipinski definition) is 8. The van der Waals surface area contributed by atoms with Gasteiger partial charge in [0.2, 0.25) is 12.2 Å². The van der Waals surface area contributed by atoms with Crippen molar-refractivity contribution in [2.45, 2.75) is 67.5 Å². The molecule has 0 spiro atoms. The molecule has 7 atom stereocenters. The summed E-state index contributed by atoms with van der Waals surface area (Å²) < 4.78 is 20.9. The molecule has 0 aromatic rings. The number of amides is 1. The number of aliphatic hydroxyl groups is 3. The molecule has 11 heteroatoms. The van der Waals surface area contributed by atoms with Crippen molar-refractivity contribution in [1.82, 2.24) is 5.32 Å². The van der Waals surface area contributed by atoms with E-state index in [9.17, 15) is 20.1 Å². The van der Waals surface area contributed by atoms with Crippen LogP contribution in [0.5, 0.6) is 0 Å². The van der Waals surface area contributed by atoms with Crippen molar-refractivity contribution in [1.29, 1.82) is 0 Å². The molecule has 1 amide bonds. The van der Waals surface area contributed by atoms with E-state index in [0.29, 0.717) is 0 Å². The Morgan fingerprint density at radius 2 is 2.00 bits per heavy atom. The van der Waals surface area contributed by atoms with Crippen molar-refractivity contribution in [3.63, 3.8) is 0 Å². The van der Waals surface area contributed by atoms with E-state index in [1.807, 2.05) is 0 Å². The molecule has 1 heterocycles. The zero-order valence-electron chi connectivity index (χ0n) is 14.7. The van der Waals surface area contributed by atoms with Crippen molar-refractivity contribution < 1.29 is 37.4 Å². The van der Waals surface area contributed by atoms with Crippen LogP contribution in [0.1, 0.15) is 20.8 Å². The van der Waals surface area contributed by atoms with Crippen LogP contribution in [0.4, 0.5) is 0 Å². The van der Waals surface area contributed by atoms with E-state index in [1.54, 1.807) is 66.4 Å². The van der Waals surface area contributed by atoms with Crippen molar-refractivity contribution in [2.75, 3.05) is 6.54 Å². The summed E-state index contributed by atoms with van der Waals surface area (Å²) in [5.74, 6) is -0.433. The number of carbonyl (C=O) groups excluding carboxylic acids is 1. The maximum absolute atomic E-state index is 11.5. The standard InChI is InChI=1S/C15H25I2NO8/c1-5-8(19)18-6-7-11(24-14(26-17)12(16)22)9(20)10(21)13(23-7)25-15(2,3)4/h5,7,9-14,20-22H,1,6H2,2-4H3,(H,18,19). The van der Waals surface area contributed by atoms with Crippen LogP contribution < -0.4 is 5.32 Å². The predicted molar refractivity (Wildman–Crippen MR) is 109 cm³/mol. The highest BCUT2D eigenvalue weighted by Crippen LogP contribution is 2.29. The highest BCUT2D eigenvalue weighted by Gasteiger charge is 2.48. The highest BCUT2D eigenvalue weighted by atomic mass is 127.